The third kappa shape index (κ3) is 5.89. The van der Waals surface area contributed by atoms with Crippen LogP contribution in [0.1, 0.15) is 28.4 Å². The van der Waals surface area contributed by atoms with E-state index in [1.165, 1.54) is 5.48 Å². The number of benzene rings is 2. The fraction of sp³-hybridized carbons (Fsp3) is 0.143. The highest BCUT2D eigenvalue weighted by Crippen LogP contribution is 2.05. The molecule has 7 N–H and O–H groups in total. The van der Waals surface area contributed by atoms with Crippen LogP contribution in [0.5, 0.6) is 0 Å². The third-order valence-corrected chi connectivity index (χ3v) is 3.74. The van der Waals surface area contributed by atoms with Gasteiger partial charge in [-0.05, 0) is 67.3 Å². The van der Waals surface area contributed by atoms with Gasteiger partial charge in [-0.25, -0.2) is 5.48 Å². The molecule has 7 heteroatoms. The number of nitrogens with one attached hydrogen (secondary N) is 2. The van der Waals surface area contributed by atoms with E-state index in [1.807, 2.05) is 12.1 Å². The molecule has 7 nitrogen and oxygen atoms in total. The topological polar surface area (TPSA) is 130 Å². The second-order valence-corrected chi connectivity index (χ2v) is 5.99. The zero-order valence-corrected chi connectivity index (χ0v) is 15.2. The number of anilines is 1. The molecule has 0 saturated carbocycles. The number of hydrogen-bond donors (Lipinski definition) is 5. The van der Waals surface area contributed by atoms with E-state index in [-0.39, 0.29) is 0 Å². The summed E-state index contributed by atoms with van der Waals surface area (Å²) < 4.78 is 0. The molecule has 2 aromatic rings. The molecule has 0 heterocycles. The van der Waals surface area contributed by atoms with Crippen LogP contribution in [0.3, 0.4) is 0 Å². The van der Waals surface area contributed by atoms with E-state index in [1.54, 1.807) is 43.3 Å². The van der Waals surface area contributed by atoms with Crippen LogP contribution in [-0.4, -0.2) is 29.1 Å². The lowest BCUT2D eigenvalue weighted by Gasteiger charge is -2.19. The van der Waals surface area contributed by atoms with Gasteiger partial charge < -0.3 is 16.8 Å². The van der Waals surface area contributed by atoms with Crippen LogP contribution in [0.25, 0.3) is 0 Å². The lowest BCUT2D eigenvalue weighted by atomic mass is 10.1. The van der Waals surface area contributed by atoms with Gasteiger partial charge in [-0.15, -0.1) is 0 Å². The number of amides is 2. The van der Waals surface area contributed by atoms with Crippen LogP contribution < -0.4 is 22.3 Å². The Bertz CT molecular complexity index is 959. The summed E-state index contributed by atoms with van der Waals surface area (Å²) in [7, 11) is 0. The second-order valence-electron chi connectivity index (χ2n) is 5.99. The predicted molar refractivity (Wildman–Crippen MR) is 106 cm³/mol. The fourth-order valence-electron chi connectivity index (χ4n) is 2.21. The average Bonchev–Trinajstić information content (AvgIpc) is 2.70. The zero-order chi connectivity index (χ0) is 20.5. The van der Waals surface area contributed by atoms with Crippen LogP contribution in [0.2, 0.25) is 0 Å². The Morgan fingerprint density at radius 1 is 0.964 bits per heavy atom. The molecule has 0 aliphatic heterocycles. The van der Waals surface area contributed by atoms with E-state index in [4.69, 9.17) is 16.7 Å². The number of nitrogens with two attached hydrogens (primary N) is 2. The van der Waals surface area contributed by atoms with Crippen molar-refractivity contribution in [3.8, 4) is 23.7 Å². The van der Waals surface area contributed by atoms with Crippen molar-refractivity contribution in [3.05, 3.63) is 65.2 Å². The summed E-state index contributed by atoms with van der Waals surface area (Å²) in [5.41, 5.74) is 15.2. The second kappa shape index (κ2) is 9.79. The van der Waals surface area contributed by atoms with Gasteiger partial charge in [0.25, 0.3) is 11.8 Å². The summed E-state index contributed by atoms with van der Waals surface area (Å²) in [6.07, 6.45) is 0. The normalized spacial score (nSPS) is 11.7. The maximum atomic E-state index is 12.2. The summed E-state index contributed by atoms with van der Waals surface area (Å²) in [5.74, 6) is 10.0. The number of carbonyl (C=O) groups excluding carboxylic acids is 2. The van der Waals surface area contributed by atoms with Crippen molar-refractivity contribution >= 4 is 17.5 Å². The van der Waals surface area contributed by atoms with Crippen molar-refractivity contribution in [3.63, 3.8) is 0 Å². The smallest absolute Gasteiger partial charge is 0.267 e. The highest BCUT2D eigenvalue weighted by Gasteiger charge is 2.24. The SMILES string of the molecule is C[C@@H](N)[C@H](NC(=O)c1ccc(C#CC#Cc2ccc(N)cc2)cc1)C(=O)NO. The van der Waals surface area contributed by atoms with E-state index >= 15 is 0 Å². The Labute approximate surface area is 163 Å². The zero-order valence-electron chi connectivity index (χ0n) is 15.2. The average molecular weight is 376 g/mol. The lowest BCUT2D eigenvalue weighted by Crippen LogP contribution is -2.54. The number of carbonyl (C=O) groups is 2. The summed E-state index contributed by atoms with van der Waals surface area (Å²) in [5, 5.41) is 11.2. The molecule has 0 radical (unpaired) electrons. The molecule has 0 bridgehead atoms. The maximum Gasteiger partial charge on any atom is 0.267 e. The molecule has 0 unspecified atom stereocenters. The molecular formula is C21H20N4O3. The first-order valence-electron chi connectivity index (χ1n) is 8.38. The van der Waals surface area contributed by atoms with E-state index < -0.39 is 23.9 Å². The number of hydrogen-bond acceptors (Lipinski definition) is 5. The molecule has 2 rings (SSSR count). The van der Waals surface area contributed by atoms with E-state index in [2.05, 4.69) is 29.0 Å². The van der Waals surface area contributed by atoms with Crippen LogP contribution in [-0.2, 0) is 4.79 Å². The molecule has 142 valence electrons. The highest BCUT2D eigenvalue weighted by atomic mass is 16.5. The number of hydroxylamine groups is 1. The van der Waals surface area contributed by atoms with Crippen molar-refractivity contribution in [1.29, 1.82) is 0 Å². The van der Waals surface area contributed by atoms with Crippen LogP contribution in [0.15, 0.2) is 48.5 Å². The Morgan fingerprint density at radius 3 is 1.93 bits per heavy atom. The van der Waals surface area contributed by atoms with Gasteiger partial charge >= 0.3 is 0 Å². The number of rotatable bonds is 4. The predicted octanol–water partition coefficient (Wildman–Crippen LogP) is 0.623. The minimum absolute atomic E-state index is 0.329. The molecule has 0 saturated heterocycles. The summed E-state index contributed by atoms with van der Waals surface area (Å²) in [6, 6.07) is 11.9. The van der Waals surface area contributed by atoms with Gasteiger partial charge in [0.05, 0.1) is 0 Å². The Balaban J connectivity index is 2.03. The molecule has 0 fully saturated rings. The molecule has 0 aromatic heterocycles. The monoisotopic (exact) mass is 376 g/mol. The Kier molecular flexibility index (Phi) is 7.18. The Morgan fingerprint density at radius 2 is 1.46 bits per heavy atom. The molecule has 28 heavy (non-hydrogen) atoms. The third-order valence-electron chi connectivity index (χ3n) is 3.74. The first kappa shape index (κ1) is 20.5. The van der Waals surface area contributed by atoms with Crippen LogP contribution in [0, 0.1) is 23.7 Å². The standard InChI is InChI=1S/C21H20N4O3/c1-14(22)19(21(27)25-28)24-20(26)17-10-6-15(7-11-17)4-2-3-5-16-8-12-18(23)13-9-16/h6-14,19,28H,22-23H2,1H3,(H,24,26)(H,25,27)/t14-,19+/m1/s1. The number of nitrogen functional groups attached to an aromatic ring is 1. The molecule has 2 aromatic carbocycles. The van der Waals surface area contributed by atoms with Gasteiger partial charge in [0, 0.05) is 28.4 Å². The van der Waals surface area contributed by atoms with Crippen LogP contribution in [0.4, 0.5) is 5.69 Å². The van der Waals surface area contributed by atoms with Crippen molar-refractivity contribution < 1.29 is 14.8 Å². The van der Waals surface area contributed by atoms with Crippen LogP contribution >= 0.6 is 0 Å². The fourth-order valence-corrected chi connectivity index (χ4v) is 2.21. The molecule has 2 atom stereocenters. The minimum atomic E-state index is -1.06. The summed E-state index contributed by atoms with van der Waals surface area (Å²) in [6.45, 7) is 1.55. The van der Waals surface area contributed by atoms with E-state index in [9.17, 15) is 9.59 Å². The Hall–Kier alpha value is -3.78. The van der Waals surface area contributed by atoms with E-state index in [0.717, 1.165) is 5.56 Å². The van der Waals surface area contributed by atoms with Crippen molar-refractivity contribution in [2.45, 2.75) is 19.0 Å². The van der Waals surface area contributed by atoms with Crippen molar-refractivity contribution in [2.24, 2.45) is 5.73 Å². The van der Waals surface area contributed by atoms with Gasteiger partial charge in [0.15, 0.2) is 0 Å². The first-order valence-corrected chi connectivity index (χ1v) is 8.38. The summed E-state index contributed by atoms with van der Waals surface area (Å²) >= 11 is 0. The van der Waals surface area contributed by atoms with Crippen molar-refractivity contribution in [1.82, 2.24) is 10.8 Å². The lowest BCUT2D eigenvalue weighted by molar-refractivity contribution is -0.131. The highest BCUT2D eigenvalue weighted by molar-refractivity contribution is 5.97. The van der Waals surface area contributed by atoms with Gasteiger partial charge in [-0.1, -0.05) is 11.8 Å². The molecular weight excluding hydrogens is 356 g/mol. The van der Waals surface area contributed by atoms with Gasteiger partial charge in [0.1, 0.15) is 6.04 Å². The van der Waals surface area contributed by atoms with E-state index in [0.29, 0.717) is 16.8 Å². The molecule has 0 aliphatic carbocycles. The largest absolute Gasteiger partial charge is 0.399 e. The molecule has 2 amide bonds. The first-order chi connectivity index (χ1) is 13.4. The molecule has 0 spiro atoms. The van der Waals surface area contributed by atoms with Gasteiger partial charge in [-0.2, -0.15) is 0 Å². The summed E-state index contributed by atoms with van der Waals surface area (Å²) in [4.78, 5) is 23.8. The van der Waals surface area contributed by atoms with Crippen molar-refractivity contribution in [2.75, 3.05) is 5.73 Å². The van der Waals surface area contributed by atoms with Gasteiger partial charge in [0.2, 0.25) is 0 Å². The quantitative estimate of drug-likeness (QED) is 0.231. The molecule has 0 aliphatic rings. The van der Waals surface area contributed by atoms with Gasteiger partial charge in [-0.3, -0.25) is 14.8 Å². The maximum absolute atomic E-state index is 12.2. The minimum Gasteiger partial charge on any atom is -0.399 e.